The molecular weight excluding hydrogens is 650 g/mol. The second-order valence-corrected chi connectivity index (χ2v) is 10.7. The quantitative estimate of drug-likeness (QED) is 0.209. The smallest absolute Gasteiger partial charge is 0.293 e. The standard InChI is InChI=1S/C26H19Cl2IN2O5S/c1-35-21-10-15(9-20(29)24(21)36-14-23(32)30-18-5-3-2-4-6-18)11-22-25(33)31(26(34)37-22)13-16-7-8-17(27)12-19(16)28/h2-12H,13-14H2,1H3,(H,30,32)/b22-11-. The van der Waals surface area contributed by atoms with Gasteiger partial charge in [0.1, 0.15) is 0 Å². The Bertz CT molecular complexity index is 1400. The van der Waals surface area contributed by atoms with Gasteiger partial charge < -0.3 is 14.8 Å². The van der Waals surface area contributed by atoms with E-state index < -0.39 is 11.1 Å². The Morgan fingerprint density at radius 2 is 1.86 bits per heavy atom. The molecule has 4 rings (SSSR count). The summed E-state index contributed by atoms with van der Waals surface area (Å²) in [5.41, 5.74) is 1.92. The van der Waals surface area contributed by atoms with E-state index in [1.54, 1.807) is 48.5 Å². The number of halogens is 3. The molecule has 0 saturated carbocycles. The first-order valence-electron chi connectivity index (χ1n) is 10.8. The molecule has 0 atom stereocenters. The van der Waals surface area contributed by atoms with Crippen molar-refractivity contribution in [2.24, 2.45) is 0 Å². The number of ether oxygens (including phenoxy) is 2. The monoisotopic (exact) mass is 668 g/mol. The van der Waals surface area contributed by atoms with Crippen LogP contribution in [0.15, 0.2) is 65.6 Å². The number of methoxy groups -OCH3 is 1. The van der Waals surface area contributed by atoms with Crippen LogP contribution < -0.4 is 14.8 Å². The number of amides is 3. The molecule has 0 spiro atoms. The van der Waals surface area contributed by atoms with E-state index in [0.29, 0.717) is 41.9 Å². The van der Waals surface area contributed by atoms with Crippen LogP contribution in [-0.4, -0.2) is 35.7 Å². The number of rotatable bonds is 8. The fourth-order valence-corrected chi connectivity index (χ4v) is 5.52. The van der Waals surface area contributed by atoms with E-state index in [9.17, 15) is 14.4 Å². The molecule has 0 radical (unpaired) electrons. The van der Waals surface area contributed by atoms with E-state index in [1.807, 2.05) is 18.2 Å². The van der Waals surface area contributed by atoms with Gasteiger partial charge in [-0.15, -0.1) is 0 Å². The van der Waals surface area contributed by atoms with E-state index in [4.69, 9.17) is 32.7 Å². The maximum atomic E-state index is 13.0. The summed E-state index contributed by atoms with van der Waals surface area (Å²) in [6, 6.07) is 17.4. The molecule has 1 saturated heterocycles. The average molecular weight is 669 g/mol. The molecule has 3 aromatic rings. The minimum absolute atomic E-state index is 0.0384. The molecule has 3 aromatic carbocycles. The average Bonchev–Trinajstić information content (AvgIpc) is 3.12. The second kappa shape index (κ2) is 12.2. The maximum Gasteiger partial charge on any atom is 0.293 e. The van der Waals surface area contributed by atoms with Crippen molar-refractivity contribution in [3.8, 4) is 11.5 Å². The SMILES string of the molecule is COc1cc(/C=C2\SC(=O)N(Cc3ccc(Cl)cc3Cl)C2=O)cc(I)c1OCC(=O)Nc1ccccc1. The zero-order valence-electron chi connectivity index (χ0n) is 19.3. The summed E-state index contributed by atoms with van der Waals surface area (Å²) in [5.74, 6) is 0.0438. The summed E-state index contributed by atoms with van der Waals surface area (Å²) >= 11 is 15.1. The Balaban J connectivity index is 1.48. The summed E-state index contributed by atoms with van der Waals surface area (Å²) in [6.07, 6.45) is 1.62. The fourth-order valence-electron chi connectivity index (χ4n) is 3.43. The van der Waals surface area contributed by atoms with Crippen LogP contribution in [0.25, 0.3) is 6.08 Å². The Morgan fingerprint density at radius 1 is 1.11 bits per heavy atom. The van der Waals surface area contributed by atoms with Crippen LogP contribution in [0.1, 0.15) is 11.1 Å². The van der Waals surface area contributed by atoms with Crippen LogP contribution >= 0.6 is 57.6 Å². The van der Waals surface area contributed by atoms with Gasteiger partial charge in [0, 0.05) is 15.7 Å². The minimum atomic E-state index is -0.423. The van der Waals surface area contributed by atoms with Crippen molar-refractivity contribution in [2.45, 2.75) is 6.54 Å². The van der Waals surface area contributed by atoms with Crippen LogP contribution in [0.5, 0.6) is 11.5 Å². The van der Waals surface area contributed by atoms with Gasteiger partial charge in [-0.1, -0.05) is 47.5 Å². The fraction of sp³-hybridized carbons (Fsp3) is 0.115. The number of para-hydroxylation sites is 1. The van der Waals surface area contributed by atoms with E-state index in [1.165, 1.54) is 7.11 Å². The van der Waals surface area contributed by atoms with Crippen molar-refractivity contribution < 1.29 is 23.9 Å². The van der Waals surface area contributed by atoms with Gasteiger partial charge >= 0.3 is 0 Å². The van der Waals surface area contributed by atoms with Crippen LogP contribution in [0.4, 0.5) is 10.5 Å². The minimum Gasteiger partial charge on any atom is -0.493 e. The molecule has 1 aliphatic heterocycles. The number of hydrogen-bond donors (Lipinski definition) is 1. The van der Waals surface area contributed by atoms with Crippen molar-refractivity contribution in [3.63, 3.8) is 0 Å². The molecule has 0 unspecified atom stereocenters. The molecule has 1 fully saturated rings. The van der Waals surface area contributed by atoms with Crippen LogP contribution in [0.3, 0.4) is 0 Å². The van der Waals surface area contributed by atoms with Gasteiger partial charge in [0.25, 0.3) is 17.1 Å². The largest absolute Gasteiger partial charge is 0.493 e. The third-order valence-corrected chi connectivity index (χ3v) is 7.47. The van der Waals surface area contributed by atoms with Crippen LogP contribution in [-0.2, 0) is 16.1 Å². The van der Waals surface area contributed by atoms with E-state index in [0.717, 1.165) is 16.7 Å². The highest BCUT2D eigenvalue weighted by Crippen LogP contribution is 2.38. The number of nitrogens with one attached hydrogen (secondary N) is 1. The molecule has 0 aliphatic carbocycles. The lowest BCUT2D eigenvalue weighted by Crippen LogP contribution is -2.27. The summed E-state index contributed by atoms with van der Waals surface area (Å²) in [7, 11) is 1.48. The Morgan fingerprint density at radius 3 is 2.57 bits per heavy atom. The zero-order valence-corrected chi connectivity index (χ0v) is 23.8. The lowest BCUT2D eigenvalue weighted by Gasteiger charge is -2.14. The van der Waals surface area contributed by atoms with Gasteiger partial charge in [-0.05, 0) is 88.0 Å². The molecular formula is C26H19Cl2IN2O5S. The number of carbonyl (C=O) groups is 3. The lowest BCUT2D eigenvalue weighted by molar-refractivity contribution is -0.123. The van der Waals surface area contributed by atoms with Crippen molar-refractivity contribution in [1.82, 2.24) is 4.90 Å². The van der Waals surface area contributed by atoms with Crippen molar-refractivity contribution in [2.75, 3.05) is 19.0 Å². The normalized spacial score (nSPS) is 14.3. The number of thioether (sulfide) groups is 1. The predicted molar refractivity (Wildman–Crippen MR) is 154 cm³/mol. The molecule has 0 bridgehead atoms. The second-order valence-electron chi connectivity index (χ2n) is 7.74. The highest BCUT2D eigenvalue weighted by Gasteiger charge is 2.35. The summed E-state index contributed by atoms with van der Waals surface area (Å²) in [4.78, 5) is 39.2. The van der Waals surface area contributed by atoms with Gasteiger partial charge in [0.15, 0.2) is 18.1 Å². The van der Waals surface area contributed by atoms with Crippen LogP contribution in [0.2, 0.25) is 10.0 Å². The molecule has 190 valence electrons. The third kappa shape index (κ3) is 6.78. The van der Waals surface area contributed by atoms with Gasteiger partial charge in [0.05, 0.1) is 22.1 Å². The summed E-state index contributed by atoms with van der Waals surface area (Å²) in [5, 5.41) is 3.21. The number of anilines is 1. The first-order valence-corrected chi connectivity index (χ1v) is 13.4. The number of carbonyl (C=O) groups excluding carboxylic acids is 3. The Labute approximate surface area is 241 Å². The summed E-state index contributed by atoms with van der Waals surface area (Å²) in [6.45, 7) is -0.177. The highest BCUT2D eigenvalue weighted by atomic mass is 127. The van der Waals surface area contributed by atoms with E-state index >= 15 is 0 Å². The van der Waals surface area contributed by atoms with Gasteiger partial charge in [0.2, 0.25) is 0 Å². The van der Waals surface area contributed by atoms with Crippen molar-refractivity contribution in [3.05, 3.63) is 90.3 Å². The highest BCUT2D eigenvalue weighted by molar-refractivity contribution is 14.1. The van der Waals surface area contributed by atoms with Crippen molar-refractivity contribution in [1.29, 1.82) is 0 Å². The molecule has 1 aliphatic rings. The molecule has 7 nitrogen and oxygen atoms in total. The first kappa shape index (κ1) is 27.3. The molecule has 37 heavy (non-hydrogen) atoms. The number of benzene rings is 3. The molecule has 3 amide bonds. The lowest BCUT2D eigenvalue weighted by atomic mass is 10.1. The molecule has 1 heterocycles. The van der Waals surface area contributed by atoms with Gasteiger partial charge in [-0.25, -0.2) is 0 Å². The van der Waals surface area contributed by atoms with Gasteiger partial charge in [-0.2, -0.15) is 0 Å². The summed E-state index contributed by atoms with van der Waals surface area (Å²) < 4.78 is 11.9. The van der Waals surface area contributed by atoms with Crippen molar-refractivity contribution >= 4 is 86.4 Å². The number of hydrogen-bond acceptors (Lipinski definition) is 6. The molecule has 11 heteroatoms. The van der Waals surface area contributed by atoms with E-state index in [-0.39, 0.29) is 24.0 Å². The molecule has 0 aromatic heterocycles. The molecule has 1 N–H and O–H groups in total. The van der Waals surface area contributed by atoms with Gasteiger partial charge in [-0.3, -0.25) is 19.3 Å². The first-order chi connectivity index (χ1) is 17.7. The Hall–Kier alpha value is -2.73. The predicted octanol–water partition coefficient (Wildman–Crippen LogP) is 6.86. The van der Waals surface area contributed by atoms with Crippen LogP contribution in [0, 0.1) is 3.57 Å². The zero-order chi connectivity index (χ0) is 26.5. The third-order valence-electron chi connectivity index (χ3n) is 5.17. The van der Waals surface area contributed by atoms with E-state index in [2.05, 4.69) is 27.9 Å². The maximum absolute atomic E-state index is 13.0. The number of imide groups is 1. The number of nitrogens with zero attached hydrogens (tertiary/aromatic N) is 1. The Kier molecular flexibility index (Phi) is 9.01. The topological polar surface area (TPSA) is 84.9 Å².